The molecule has 0 amide bonds. The van der Waals surface area contributed by atoms with Gasteiger partial charge in [0, 0.05) is 19.1 Å². The maximum Gasteiger partial charge on any atom is 0.191 e. The number of sulfone groups is 1. The highest BCUT2D eigenvalue weighted by molar-refractivity contribution is 14.0. The maximum atomic E-state index is 11.4. The molecule has 7 heteroatoms. The van der Waals surface area contributed by atoms with Crippen molar-refractivity contribution in [3.05, 3.63) is 0 Å². The lowest BCUT2D eigenvalue weighted by Gasteiger charge is -2.18. The molecule has 0 radical (unpaired) electrons. The van der Waals surface area contributed by atoms with E-state index in [1.807, 2.05) is 6.92 Å². The van der Waals surface area contributed by atoms with Crippen LogP contribution in [0.4, 0.5) is 0 Å². The number of halogens is 1. The lowest BCUT2D eigenvalue weighted by molar-refractivity contribution is 0.384. The van der Waals surface area contributed by atoms with E-state index in [0.717, 1.165) is 25.5 Å². The van der Waals surface area contributed by atoms with Gasteiger partial charge in [0.15, 0.2) is 15.8 Å². The minimum atomic E-state index is -2.85. The molecule has 1 saturated heterocycles. The van der Waals surface area contributed by atoms with Crippen LogP contribution in [0.15, 0.2) is 4.99 Å². The average Bonchev–Trinajstić information content (AvgIpc) is 2.56. The molecule has 0 aromatic carbocycles. The summed E-state index contributed by atoms with van der Waals surface area (Å²) in [5.41, 5.74) is 0.261. The van der Waals surface area contributed by atoms with E-state index < -0.39 is 9.84 Å². The molecule has 1 fully saturated rings. The van der Waals surface area contributed by atoms with Gasteiger partial charge in [-0.05, 0) is 25.2 Å². The normalized spacial score (nSPS) is 22.2. The van der Waals surface area contributed by atoms with Crippen molar-refractivity contribution in [3.8, 4) is 0 Å². The molecular weight excluding hydrogens is 389 g/mol. The van der Waals surface area contributed by atoms with E-state index in [-0.39, 0.29) is 46.9 Å². The molecule has 20 heavy (non-hydrogen) atoms. The number of hydrogen-bond acceptors (Lipinski definition) is 3. The first kappa shape index (κ1) is 19.9. The van der Waals surface area contributed by atoms with Crippen LogP contribution in [0.5, 0.6) is 0 Å². The molecule has 0 aliphatic carbocycles. The summed E-state index contributed by atoms with van der Waals surface area (Å²) in [4.78, 5) is 4.51. The Labute approximate surface area is 140 Å². The van der Waals surface area contributed by atoms with Crippen LogP contribution in [0.1, 0.15) is 40.5 Å². The van der Waals surface area contributed by atoms with Crippen LogP contribution in [0.3, 0.4) is 0 Å². The van der Waals surface area contributed by atoms with Gasteiger partial charge in [0.05, 0.1) is 11.5 Å². The summed E-state index contributed by atoms with van der Waals surface area (Å²) < 4.78 is 22.9. The molecule has 0 aromatic heterocycles. The van der Waals surface area contributed by atoms with Crippen molar-refractivity contribution in [1.29, 1.82) is 0 Å². The highest BCUT2D eigenvalue weighted by Gasteiger charge is 2.28. The zero-order chi connectivity index (χ0) is 14.5. The van der Waals surface area contributed by atoms with Crippen molar-refractivity contribution in [2.75, 3.05) is 24.6 Å². The van der Waals surface area contributed by atoms with Crippen molar-refractivity contribution in [2.45, 2.75) is 46.6 Å². The predicted octanol–water partition coefficient (Wildman–Crippen LogP) is 1.78. The largest absolute Gasteiger partial charge is 0.357 e. The van der Waals surface area contributed by atoms with Crippen LogP contribution in [0, 0.1) is 5.41 Å². The molecule has 1 atom stereocenters. The summed E-state index contributed by atoms with van der Waals surface area (Å²) in [5, 5.41) is 6.39. The second kappa shape index (κ2) is 8.41. The number of rotatable bonds is 4. The van der Waals surface area contributed by atoms with E-state index in [1.54, 1.807) is 0 Å². The van der Waals surface area contributed by atoms with Gasteiger partial charge in [0.1, 0.15) is 0 Å². The lowest BCUT2D eigenvalue weighted by Crippen LogP contribution is -2.44. The Morgan fingerprint density at radius 1 is 1.35 bits per heavy atom. The third-order valence-electron chi connectivity index (χ3n) is 3.05. The second-order valence-electron chi connectivity index (χ2n) is 6.32. The minimum absolute atomic E-state index is 0. The van der Waals surface area contributed by atoms with Gasteiger partial charge in [0.25, 0.3) is 0 Å². The first-order valence-corrected chi connectivity index (χ1v) is 8.79. The van der Waals surface area contributed by atoms with Crippen LogP contribution in [0.25, 0.3) is 0 Å². The zero-order valence-electron chi connectivity index (χ0n) is 12.9. The van der Waals surface area contributed by atoms with E-state index in [2.05, 4.69) is 36.4 Å². The van der Waals surface area contributed by atoms with Crippen molar-refractivity contribution >= 4 is 39.8 Å². The molecule has 2 N–H and O–H groups in total. The molecule has 0 bridgehead atoms. The molecule has 0 saturated carbocycles. The third kappa shape index (κ3) is 8.28. The summed E-state index contributed by atoms with van der Waals surface area (Å²) >= 11 is 0. The summed E-state index contributed by atoms with van der Waals surface area (Å²) in [6.07, 6.45) is 1.68. The Morgan fingerprint density at radius 2 is 2.00 bits per heavy atom. The molecule has 120 valence electrons. The van der Waals surface area contributed by atoms with Gasteiger partial charge >= 0.3 is 0 Å². The predicted molar refractivity (Wildman–Crippen MR) is 95.7 cm³/mol. The van der Waals surface area contributed by atoms with Gasteiger partial charge in [-0.1, -0.05) is 20.8 Å². The number of aliphatic imine (C=N–C) groups is 1. The Morgan fingerprint density at radius 3 is 2.45 bits per heavy atom. The molecule has 1 unspecified atom stereocenters. The van der Waals surface area contributed by atoms with Crippen molar-refractivity contribution in [2.24, 2.45) is 10.4 Å². The van der Waals surface area contributed by atoms with Crippen LogP contribution < -0.4 is 10.6 Å². The molecule has 1 aliphatic heterocycles. The van der Waals surface area contributed by atoms with Gasteiger partial charge in [-0.3, -0.25) is 4.99 Å². The number of hydrogen-bond donors (Lipinski definition) is 2. The van der Waals surface area contributed by atoms with Gasteiger partial charge in [0.2, 0.25) is 0 Å². The summed E-state index contributed by atoms with van der Waals surface area (Å²) in [5.74, 6) is 1.23. The monoisotopic (exact) mass is 417 g/mol. The lowest BCUT2D eigenvalue weighted by atomic mass is 9.92. The first-order valence-electron chi connectivity index (χ1n) is 6.97. The smallest absolute Gasteiger partial charge is 0.191 e. The highest BCUT2D eigenvalue weighted by atomic mass is 127. The van der Waals surface area contributed by atoms with Crippen LogP contribution in [-0.4, -0.2) is 45.0 Å². The van der Waals surface area contributed by atoms with E-state index in [9.17, 15) is 8.42 Å². The van der Waals surface area contributed by atoms with Gasteiger partial charge in [-0.15, -0.1) is 24.0 Å². The van der Waals surface area contributed by atoms with E-state index in [4.69, 9.17) is 0 Å². The average molecular weight is 417 g/mol. The quantitative estimate of drug-likeness (QED) is 0.416. The van der Waals surface area contributed by atoms with Gasteiger partial charge < -0.3 is 10.6 Å². The highest BCUT2D eigenvalue weighted by Crippen LogP contribution is 2.17. The van der Waals surface area contributed by atoms with Gasteiger partial charge in [-0.25, -0.2) is 8.42 Å². The molecule has 1 rings (SSSR count). The summed E-state index contributed by atoms with van der Waals surface area (Å²) in [7, 11) is -2.85. The number of nitrogens with one attached hydrogen (secondary N) is 2. The zero-order valence-corrected chi connectivity index (χ0v) is 16.0. The molecule has 1 heterocycles. The van der Waals surface area contributed by atoms with Crippen LogP contribution >= 0.6 is 24.0 Å². The summed E-state index contributed by atoms with van der Waals surface area (Å²) in [6, 6.07) is -0.00237. The fourth-order valence-electron chi connectivity index (χ4n) is 1.93. The molecular formula is C13H28IN3O2S. The number of nitrogens with zero attached hydrogens (tertiary/aromatic N) is 1. The van der Waals surface area contributed by atoms with E-state index in [0.29, 0.717) is 6.42 Å². The molecule has 1 aliphatic rings. The Balaban J connectivity index is 0.00000361. The fourth-order valence-corrected chi connectivity index (χ4v) is 3.60. The van der Waals surface area contributed by atoms with Gasteiger partial charge in [-0.2, -0.15) is 0 Å². The van der Waals surface area contributed by atoms with Crippen LogP contribution in [0.2, 0.25) is 0 Å². The van der Waals surface area contributed by atoms with Crippen molar-refractivity contribution in [1.82, 2.24) is 10.6 Å². The van der Waals surface area contributed by atoms with Crippen molar-refractivity contribution < 1.29 is 8.42 Å². The first-order chi connectivity index (χ1) is 8.72. The maximum absolute atomic E-state index is 11.4. The summed E-state index contributed by atoms with van der Waals surface area (Å²) in [6.45, 7) is 10.1. The molecule has 0 spiro atoms. The van der Waals surface area contributed by atoms with Crippen LogP contribution in [-0.2, 0) is 9.84 Å². The van der Waals surface area contributed by atoms with E-state index in [1.165, 1.54) is 0 Å². The minimum Gasteiger partial charge on any atom is -0.357 e. The number of guanidine groups is 1. The SMILES string of the molecule is CCNC(=NCCC(C)(C)C)NC1CCS(=O)(=O)C1.I. The Hall–Kier alpha value is -0.0500. The Bertz CT molecular complexity index is 416. The standard InChI is InChI=1S/C13H27N3O2S.HI/c1-5-14-12(15-8-7-13(2,3)4)16-11-6-9-19(17,18)10-11;/h11H,5-10H2,1-4H3,(H2,14,15,16);1H. The van der Waals surface area contributed by atoms with E-state index >= 15 is 0 Å². The molecule has 5 nitrogen and oxygen atoms in total. The molecule has 0 aromatic rings. The Kier molecular flexibility index (Phi) is 8.39. The third-order valence-corrected chi connectivity index (χ3v) is 4.82. The fraction of sp³-hybridized carbons (Fsp3) is 0.923. The topological polar surface area (TPSA) is 70.6 Å². The van der Waals surface area contributed by atoms with Crippen molar-refractivity contribution in [3.63, 3.8) is 0 Å². The second-order valence-corrected chi connectivity index (χ2v) is 8.54.